The molecule has 1 aliphatic heterocycles. The number of pyridine rings is 1. The SMILES string of the molecule is CP(=O)(O)CN1CCN(C[PH](=O)O)Cc2cccc(n2)CN(CP(=O)(O)O)CC1. The van der Waals surface area contributed by atoms with E-state index in [-0.39, 0.29) is 25.7 Å². The second kappa shape index (κ2) is 10.7. The van der Waals surface area contributed by atoms with E-state index < -0.39 is 29.3 Å². The van der Waals surface area contributed by atoms with Crippen molar-refractivity contribution in [2.24, 2.45) is 0 Å². The van der Waals surface area contributed by atoms with Crippen molar-refractivity contribution in [2.75, 3.05) is 51.7 Å². The van der Waals surface area contributed by atoms with Crippen LogP contribution < -0.4 is 0 Å². The Kier molecular flexibility index (Phi) is 9.19. The van der Waals surface area contributed by atoms with E-state index >= 15 is 0 Å². The van der Waals surface area contributed by atoms with Crippen LogP contribution in [0.25, 0.3) is 0 Å². The second-order valence-electron chi connectivity index (χ2n) is 7.39. The molecule has 2 heterocycles. The lowest BCUT2D eigenvalue weighted by Crippen LogP contribution is -2.40. The Hall–Kier alpha value is -0.440. The minimum atomic E-state index is -4.29. The van der Waals surface area contributed by atoms with E-state index in [1.807, 2.05) is 0 Å². The van der Waals surface area contributed by atoms with Gasteiger partial charge in [-0.3, -0.25) is 33.4 Å². The van der Waals surface area contributed by atoms with E-state index in [1.54, 1.807) is 32.9 Å². The van der Waals surface area contributed by atoms with Crippen molar-refractivity contribution in [3.63, 3.8) is 0 Å². The van der Waals surface area contributed by atoms with Crippen molar-refractivity contribution < 1.29 is 33.3 Å². The number of nitrogens with zero attached hydrogens (tertiary/aromatic N) is 4. The van der Waals surface area contributed by atoms with Crippen molar-refractivity contribution in [1.29, 1.82) is 0 Å². The maximum absolute atomic E-state index is 11.9. The zero-order valence-corrected chi connectivity index (χ0v) is 19.1. The summed E-state index contributed by atoms with van der Waals surface area (Å²) in [5.41, 5.74) is 1.31. The lowest BCUT2D eigenvalue weighted by Gasteiger charge is -2.31. The number of rotatable bonds is 6. The summed E-state index contributed by atoms with van der Waals surface area (Å²) in [6.45, 7) is 3.16. The lowest BCUT2D eigenvalue weighted by molar-refractivity contribution is 0.189. The van der Waals surface area contributed by atoms with Crippen LogP contribution in [0.15, 0.2) is 18.2 Å². The molecule has 1 aliphatic rings. The Morgan fingerprint density at radius 1 is 0.966 bits per heavy atom. The first-order chi connectivity index (χ1) is 13.4. The third-order valence-corrected chi connectivity index (χ3v) is 6.72. The summed E-state index contributed by atoms with van der Waals surface area (Å²) in [5.74, 6) is 0. The van der Waals surface area contributed by atoms with Gasteiger partial charge in [0.25, 0.3) is 0 Å². The van der Waals surface area contributed by atoms with E-state index in [2.05, 4.69) is 4.98 Å². The van der Waals surface area contributed by atoms with Gasteiger partial charge in [0.05, 0.1) is 24.0 Å². The quantitative estimate of drug-likeness (QED) is 0.428. The van der Waals surface area contributed by atoms with Gasteiger partial charge >= 0.3 is 7.60 Å². The van der Waals surface area contributed by atoms with E-state index in [0.29, 0.717) is 37.6 Å². The first kappa shape index (κ1) is 24.8. The monoisotopic (exact) mass is 470 g/mol. The summed E-state index contributed by atoms with van der Waals surface area (Å²) in [6.07, 6.45) is -0.506. The molecule has 29 heavy (non-hydrogen) atoms. The summed E-state index contributed by atoms with van der Waals surface area (Å²) in [7, 11) is -10.4. The molecule has 0 saturated heterocycles. The van der Waals surface area contributed by atoms with Gasteiger partial charge in [-0.15, -0.1) is 0 Å². The Balaban J connectivity index is 2.29. The molecule has 0 fully saturated rings. The van der Waals surface area contributed by atoms with Crippen LogP contribution in [0, 0.1) is 0 Å². The van der Waals surface area contributed by atoms with Crippen LogP contribution >= 0.6 is 23.0 Å². The average molecular weight is 470 g/mol. The van der Waals surface area contributed by atoms with Gasteiger partial charge in [-0.25, -0.2) is 0 Å². The van der Waals surface area contributed by atoms with Crippen molar-refractivity contribution >= 4 is 23.0 Å². The molecular formula is C15H29N4O7P3. The van der Waals surface area contributed by atoms with Crippen LogP contribution in [0.1, 0.15) is 11.4 Å². The van der Waals surface area contributed by atoms with Crippen LogP contribution in [-0.2, 0) is 26.8 Å². The maximum atomic E-state index is 11.9. The Morgan fingerprint density at radius 2 is 1.48 bits per heavy atom. The standard InChI is InChI=1S/C15H29N4O7P3/c1-28(22,23)12-17-5-7-18(11-27(20)21)9-14-3-2-4-15(16-14)10-19(8-6-17)13-29(24,25)26/h2-4,27H,5-13H2,1H3,(H,20,21)(H,22,23)(H2,24,25,26). The summed E-state index contributed by atoms with van der Waals surface area (Å²) >= 11 is 0. The molecule has 0 radical (unpaired) electrons. The fraction of sp³-hybridized carbons (Fsp3) is 0.667. The van der Waals surface area contributed by atoms with Gasteiger partial charge in [0.2, 0.25) is 15.4 Å². The molecule has 2 rings (SSSR count). The molecule has 0 saturated carbocycles. The fourth-order valence-corrected chi connectivity index (χ4v) is 5.66. The van der Waals surface area contributed by atoms with Crippen molar-refractivity contribution in [2.45, 2.75) is 13.1 Å². The highest BCUT2D eigenvalue weighted by Crippen LogP contribution is 2.37. The van der Waals surface area contributed by atoms with Gasteiger partial charge in [-0.05, 0) is 12.1 Å². The molecule has 11 nitrogen and oxygen atoms in total. The van der Waals surface area contributed by atoms with Crippen LogP contribution in [0.2, 0.25) is 0 Å². The molecule has 2 bridgehead atoms. The largest absolute Gasteiger partial charge is 0.345 e. The normalized spacial score (nSPS) is 21.7. The first-order valence-corrected chi connectivity index (χ1v) is 14.7. The van der Waals surface area contributed by atoms with Gasteiger partial charge in [0.1, 0.15) is 6.29 Å². The molecule has 2 atom stereocenters. The first-order valence-electron chi connectivity index (χ1n) is 9.07. The van der Waals surface area contributed by atoms with Crippen molar-refractivity contribution in [3.05, 3.63) is 29.6 Å². The average Bonchev–Trinajstić information content (AvgIpc) is 2.53. The maximum Gasteiger partial charge on any atom is 0.339 e. The predicted octanol–water partition coefficient (Wildman–Crippen LogP) is 0.419. The van der Waals surface area contributed by atoms with E-state index in [0.717, 1.165) is 0 Å². The van der Waals surface area contributed by atoms with Crippen LogP contribution in [-0.4, -0.2) is 91.0 Å². The van der Waals surface area contributed by atoms with Crippen LogP contribution in [0.3, 0.4) is 0 Å². The topological polar surface area (TPSA) is 155 Å². The molecule has 0 spiro atoms. The summed E-state index contributed by atoms with van der Waals surface area (Å²) < 4.78 is 34.9. The van der Waals surface area contributed by atoms with Crippen LogP contribution in [0.5, 0.6) is 0 Å². The third-order valence-electron chi connectivity index (χ3n) is 4.31. The molecule has 0 amide bonds. The number of hydrogen-bond acceptors (Lipinski definition) is 7. The molecule has 166 valence electrons. The van der Waals surface area contributed by atoms with Crippen LogP contribution in [0.4, 0.5) is 0 Å². The number of hydrogen-bond donors (Lipinski definition) is 4. The second-order valence-corrected chi connectivity index (χ2v) is 12.5. The molecule has 0 aliphatic carbocycles. The van der Waals surface area contributed by atoms with Gasteiger partial charge in [-0.1, -0.05) is 6.07 Å². The number of fused-ring (bicyclic) bond motifs is 2. The highest BCUT2D eigenvalue weighted by Gasteiger charge is 2.24. The Morgan fingerprint density at radius 3 is 2.00 bits per heavy atom. The predicted molar refractivity (Wildman–Crippen MR) is 110 cm³/mol. The molecule has 2 unspecified atom stereocenters. The van der Waals surface area contributed by atoms with Gasteiger partial charge in [-0.2, -0.15) is 0 Å². The summed E-state index contributed by atoms with van der Waals surface area (Å²) in [4.78, 5) is 47.6. The zero-order valence-electron chi connectivity index (χ0n) is 16.3. The van der Waals surface area contributed by atoms with Crippen molar-refractivity contribution in [1.82, 2.24) is 19.7 Å². The molecule has 1 aromatic rings. The summed E-state index contributed by atoms with van der Waals surface area (Å²) in [6, 6.07) is 5.34. The van der Waals surface area contributed by atoms with E-state index in [1.165, 1.54) is 6.66 Å². The van der Waals surface area contributed by atoms with E-state index in [4.69, 9.17) is 0 Å². The smallest absolute Gasteiger partial charge is 0.339 e. The highest BCUT2D eigenvalue weighted by atomic mass is 31.2. The molecular weight excluding hydrogens is 441 g/mol. The minimum absolute atomic E-state index is 0.00232. The minimum Gasteiger partial charge on any atom is -0.345 e. The molecule has 0 aromatic carbocycles. The number of aromatic nitrogens is 1. The molecule has 4 N–H and O–H groups in total. The Bertz CT molecular complexity index is 800. The lowest BCUT2D eigenvalue weighted by atomic mass is 10.2. The summed E-state index contributed by atoms with van der Waals surface area (Å²) in [5, 5.41) is 0. The third kappa shape index (κ3) is 10.4. The molecule has 14 heteroatoms. The molecule has 1 aromatic heterocycles. The zero-order chi connectivity index (χ0) is 21.7. The van der Waals surface area contributed by atoms with Gasteiger partial charge in [0.15, 0.2) is 0 Å². The Labute approximate surface area is 170 Å². The highest BCUT2D eigenvalue weighted by molar-refractivity contribution is 7.57. The van der Waals surface area contributed by atoms with E-state index in [9.17, 15) is 33.3 Å². The van der Waals surface area contributed by atoms with Crippen molar-refractivity contribution in [3.8, 4) is 0 Å². The van der Waals surface area contributed by atoms with Gasteiger partial charge < -0.3 is 19.6 Å². The fourth-order valence-electron chi connectivity index (χ4n) is 3.22. The van der Waals surface area contributed by atoms with Gasteiger partial charge in [0, 0.05) is 45.9 Å².